The van der Waals surface area contributed by atoms with Crippen LogP contribution < -0.4 is 0 Å². The Kier molecular flexibility index (Phi) is 3.21. The number of aryl methyl sites for hydroxylation is 2. The minimum Gasteiger partial charge on any atom is -0.507 e. The number of hydrogen-bond acceptors (Lipinski definition) is 6. The molecule has 0 saturated carbocycles. The maximum Gasteiger partial charge on any atom is 0.198 e. The van der Waals surface area contributed by atoms with Crippen LogP contribution in [-0.2, 0) is 0 Å². The standard InChI is InChI=1S/C20H13NO5/c1-8-3-10-6-12-17(20(25)16(10)14(22)4-8)19(24)15-9(2)5-11(21-26)7-13(15)18(12)23/h3-7,22,25H,1-2H3. The molecule has 1 aliphatic rings. The molecule has 26 heavy (non-hydrogen) atoms. The van der Waals surface area contributed by atoms with Gasteiger partial charge in [-0.1, -0.05) is 6.07 Å². The molecule has 2 N–H and O–H groups in total. The van der Waals surface area contributed by atoms with Gasteiger partial charge in [-0.3, -0.25) is 9.59 Å². The fourth-order valence-corrected chi connectivity index (χ4v) is 3.63. The highest BCUT2D eigenvalue weighted by Crippen LogP contribution is 2.43. The van der Waals surface area contributed by atoms with Crippen LogP contribution in [0.15, 0.2) is 35.5 Å². The topological polar surface area (TPSA) is 104 Å². The van der Waals surface area contributed by atoms with Crippen LogP contribution in [0.2, 0.25) is 0 Å². The molecular weight excluding hydrogens is 334 g/mol. The summed E-state index contributed by atoms with van der Waals surface area (Å²) in [5, 5.41) is 24.3. The second kappa shape index (κ2) is 5.23. The first-order chi connectivity index (χ1) is 12.3. The lowest BCUT2D eigenvalue weighted by molar-refractivity contribution is 0.0976. The van der Waals surface area contributed by atoms with Crippen molar-refractivity contribution in [3.8, 4) is 11.5 Å². The highest BCUT2D eigenvalue weighted by Gasteiger charge is 2.35. The SMILES string of the molecule is Cc1cc(O)c2c(O)c3c(cc2c1)C(=O)c1cc(N=O)cc(C)c1C3=O. The van der Waals surface area contributed by atoms with E-state index in [1.165, 1.54) is 24.3 Å². The molecule has 0 saturated heterocycles. The van der Waals surface area contributed by atoms with E-state index >= 15 is 0 Å². The van der Waals surface area contributed by atoms with E-state index in [-0.39, 0.29) is 39.1 Å². The van der Waals surface area contributed by atoms with Gasteiger partial charge in [-0.25, -0.2) is 0 Å². The van der Waals surface area contributed by atoms with Gasteiger partial charge >= 0.3 is 0 Å². The van der Waals surface area contributed by atoms with Crippen LogP contribution in [0.4, 0.5) is 5.69 Å². The molecule has 4 rings (SSSR count). The molecule has 3 aromatic rings. The predicted molar refractivity (Wildman–Crippen MR) is 95.5 cm³/mol. The Morgan fingerprint density at radius 1 is 0.846 bits per heavy atom. The van der Waals surface area contributed by atoms with Gasteiger partial charge in [0.25, 0.3) is 0 Å². The van der Waals surface area contributed by atoms with Crippen molar-refractivity contribution in [2.45, 2.75) is 13.8 Å². The van der Waals surface area contributed by atoms with Crippen LogP contribution in [0, 0.1) is 18.8 Å². The van der Waals surface area contributed by atoms with Crippen LogP contribution in [-0.4, -0.2) is 21.8 Å². The van der Waals surface area contributed by atoms with Gasteiger partial charge in [0.15, 0.2) is 11.6 Å². The molecule has 0 fully saturated rings. The number of carbonyl (C=O) groups is 2. The first-order valence-corrected chi connectivity index (χ1v) is 7.90. The van der Waals surface area contributed by atoms with E-state index in [1.54, 1.807) is 19.9 Å². The fraction of sp³-hybridized carbons (Fsp3) is 0.100. The van der Waals surface area contributed by atoms with Crippen LogP contribution in [0.3, 0.4) is 0 Å². The molecule has 128 valence electrons. The number of carbonyl (C=O) groups excluding carboxylic acids is 2. The third-order valence-electron chi connectivity index (χ3n) is 4.70. The maximum absolute atomic E-state index is 13.0. The first-order valence-electron chi connectivity index (χ1n) is 7.90. The van der Waals surface area contributed by atoms with Crippen molar-refractivity contribution < 1.29 is 19.8 Å². The minimum absolute atomic E-state index is 0.0416. The smallest absolute Gasteiger partial charge is 0.198 e. The monoisotopic (exact) mass is 347 g/mol. The molecule has 3 aromatic carbocycles. The van der Waals surface area contributed by atoms with E-state index in [4.69, 9.17) is 0 Å². The maximum atomic E-state index is 13.0. The molecule has 0 atom stereocenters. The molecule has 0 aliphatic heterocycles. The van der Waals surface area contributed by atoms with Crippen molar-refractivity contribution in [3.05, 3.63) is 68.6 Å². The van der Waals surface area contributed by atoms with Gasteiger partial charge in [0.05, 0.1) is 10.9 Å². The molecule has 0 radical (unpaired) electrons. The molecular formula is C20H13NO5. The summed E-state index contributed by atoms with van der Waals surface area (Å²) in [5.74, 6) is -1.58. The Balaban J connectivity index is 2.12. The molecule has 0 bridgehead atoms. The summed E-state index contributed by atoms with van der Waals surface area (Å²) in [6, 6.07) is 7.37. The zero-order valence-corrected chi connectivity index (χ0v) is 14.0. The van der Waals surface area contributed by atoms with E-state index in [9.17, 15) is 24.7 Å². The summed E-state index contributed by atoms with van der Waals surface area (Å²) in [6.07, 6.45) is 0. The van der Waals surface area contributed by atoms with Gasteiger partial charge in [0, 0.05) is 16.7 Å². The first kappa shape index (κ1) is 16.0. The quantitative estimate of drug-likeness (QED) is 0.506. The molecule has 0 heterocycles. The minimum atomic E-state index is -0.524. The fourth-order valence-electron chi connectivity index (χ4n) is 3.63. The van der Waals surface area contributed by atoms with Crippen LogP contribution in [0.25, 0.3) is 10.8 Å². The predicted octanol–water partition coefficient (Wildman–Crippen LogP) is 4.04. The molecule has 1 aliphatic carbocycles. The number of nitrogens with zero attached hydrogens (tertiary/aromatic N) is 1. The summed E-state index contributed by atoms with van der Waals surface area (Å²) in [6.45, 7) is 3.37. The summed E-state index contributed by atoms with van der Waals surface area (Å²) >= 11 is 0. The van der Waals surface area contributed by atoms with Gasteiger partial charge < -0.3 is 10.2 Å². The van der Waals surface area contributed by atoms with E-state index in [2.05, 4.69) is 5.18 Å². The number of phenolic OH excluding ortho intramolecular Hbond substituents is 2. The summed E-state index contributed by atoms with van der Waals surface area (Å²) in [5.41, 5.74) is 1.36. The average molecular weight is 347 g/mol. The summed E-state index contributed by atoms with van der Waals surface area (Å²) in [7, 11) is 0. The van der Waals surface area contributed by atoms with Gasteiger partial charge in [0.2, 0.25) is 0 Å². The zero-order chi connectivity index (χ0) is 18.7. The number of phenols is 2. The Bertz CT molecular complexity index is 1180. The lowest BCUT2D eigenvalue weighted by atomic mass is 9.80. The molecule has 6 nitrogen and oxygen atoms in total. The van der Waals surface area contributed by atoms with Crippen molar-refractivity contribution in [3.63, 3.8) is 0 Å². The van der Waals surface area contributed by atoms with Gasteiger partial charge in [0.1, 0.15) is 17.2 Å². The van der Waals surface area contributed by atoms with Gasteiger partial charge in [-0.2, -0.15) is 0 Å². The molecule has 0 unspecified atom stereocenters. The largest absolute Gasteiger partial charge is 0.507 e. The Morgan fingerprint density at radius 2 is 1.54 bits per heavy atom. The van der Waals surface area contributed by atoms with Gasteiger partial charge in [-0.05, 0) is 59.8 Å². The summed E-state index contributed by atoms with van der Waals surface area (Å²) in [4.78, 5) is 36.9. The molecule has 0 amide bonds. The number of nitroso groups, excluding NO2 is 1. The van der Waals surface area contributed by atoms with Crippen LogP contribution in [0.5, 0.6) is 11.5 Å². The Labute approximate surface area is 147 Å². The average Bonchev–Trinajstić information content (AvgIpc) is 2.57. The zero-order valence-electron chi connectivity index (χ0n) is 14.0. The second-order valence-electron chi connectivity index (χ2n) is 6.46. The Hall–Kier alpha value is -3.54. The highest BCUT2D eigenvalue weighted by molar-refractivity contribution is 6.31. The highest BCUT2D eigenvalue weighted by atomic mass is 16.3. The van der Waals surface area contributed by atoms with Gasteiger partial charge in [-0.15, -0.1) is 4.91 Å². The lowest BCUT2D eigenvalue weighted by Crippen LogP contribution is -2.22. The molecule has 6 heteroatoms. The molecule has 0 aromatic heterocycles. The summed E-state index contributed by atoms with van der Waals surface area (Å²) < 4.78 is 0. The third-order valence-corrected chi connectivity index (χ3v) is 4.70. The van der Waals surface area contributed by atoms with E-state index < -0.39 is 17.3 Å². The van der Waals surface area contributed by atoms with Crippen LogP contribution >= 0.6 is 0 Å². The van der Waals surface area contributed by atoms with Crippen molar-refractivity contribution in [2.75, 3.05) is 0 Å². The van der Waals surface area contributed by atoms with E-state index in [0.717, 1.165) is 5.56 Å². The van der Waals surface area contributed by atoms with E-state index in [1.807, 2.05) is 0 Å². The number of hydrogen-bond donors (Lipinski definition) is 2. The lowest BCUT2D eigenvalue weighted by Gasteiger charge is -2.21. The number of aromatic hydroxyl groups is 2. The number of benzene rings is 3. The number of rotatable bonds is 1. The van der Waals surface area contributed by atoms with Crippen LogP contribution in [0.1, 0.15) is 43.0 Å². The van der Waals surface area contributed by atoms with Crippen molar-refractivity contribution in [1.82, 2.24) is 0 Å². The molecule has 0 spiro atoms. The number of ketones is 2. The third kappa shape index (κ3) is 1.99. The number of fused-ring (bicyclic) bond motifs is 3. The Morgan fingerprint density at radius 3 is 2.23 bits per heavy atom. The van der Waals surface area contributed by atoms with Crippen molar-refractivity contribution in [1.29, 1.82) is 0 Å². The van der Waals surface area contributed by atoms with E-state index in [0.29, 0.717) is 10.9 Å². The normalized spacial score (nSPS) is 12.8. The second-order valence-corrected chi connectivity index (χ2v) is 6.46. The van der Waals surface area contributed by atoms with Crippen molar-refractivity contribution >= 4 is 28.0 Å². The van der Waals surface area contributed by atoms with Crippen molar-refractivity contribution in [2.24, 2.45) is 5.18 Å².